The van der Waals surface area contributed by atoms with Gasteiger partial charge in [0.1, 0.15) is 22.6 Å². The van der Waals surface area contributed by atoms with E-state index in [-0.39, 0.29) is 6.04 Å². The fraction of sp³-hybridized carbons (Fsp3) is 0.364. The van der Waals surface area contributed by atoms with Crippen molar-refractivity contribution < 1.29 is 8.95 Å². The number of nitrogens with zero attached hydrogens (tertiary/aromatic N) is 4. The maximum atomic E-state index is 13.0. The Bertz CT molecular complexity index is 1000. The van der Waals surface area contributed by atoms with Crippen LogP contribution < -0.4 is 9.64 Å². The number of ether oxygens (including phenoxy) is 1. The largest absolute Gasteiger partial charge is 0.497 e. The Balaban J connectivity index is 1.38. The lowest BCUT2D eigenvalue weighted by Gasteiger charge is -2.38. The van der Waals surface area contributed by atoms with Gasteiger partial charge in [-0.05, 0) is 43.7 Å². The smallest absolute Gasteiger partial charge is 0.205 e. The lowest BCUT2D eigenvalue weighted by Crippen LogP contribution is -2.52. The van der Waals surface area contributed by atoms with Gasteiger partial charge in [-0.2, -0.15) is 4.37 Å². The molecule has 2 heterocycles. The van der Waals surface area contributed by atoms with Crippen LogP contribution in [-0.2, 0) is 17.4 Å². The van der Waals surface area contributed by atoms with Crippen LogP contribution in [0.4, 0.5) is 5.13 Å². The molecule has 3 aromatic rings. The van der Waals surface area contributed by atoms with E-state index in [1.165, 1.54) is 22.7 Å². The van der Waals surface area contributed by atoms with Crippen LogP contribution in [0.15, 0.2) is 53.4 Å². The van der Waals surface area contributed by atoms with E-state index in [0.717, 1.165) is 41.1 Å². The Morgan fingerprint density at radius 1 is 1.13 bits per heavy atom. The van der Waals surface area contributed by atoms with E-state index in [2.05, 4.69) is 47.4 Å². The molecule has 0 bridgehead atoms. The fourth-order valence-corrected chi connectivity index (χ4v) is 5.52. The minimum atomic E-state index is -1.19. The monoisotopic (exact) mass is 442 g/mol. The molecule has 2 unspecified atom stereocenters. The van der Waals surface area contributed by atoms with Gasteiger partial charge in [-0.25, -0.2) is 13.5 Å². The maximum Gasteiger partial charge on any atom is 0.205 e. The van der Waals surface area contributed by atoms with Crippen molar-refractivity contribution >= 4 is 27.6 Å². The quantitative estimate of drug-likeness (QED) is 0.583. The third kappa shape index (κ3) is 4.71. The minimum absolute atomic E-state index is 0.145. The predicted molar refractivity (Wildman–Crippen MR) is 122 cm³/mol. The van der Waals surface area contributed by atoms with E-state index in [9.17, 15) is 4.21 Å². The summed E-state index contributed by atoms with van der Waals surface area (Å²) in [6, 6.07) is 16.1. The first kappa shape index (κ1) is 21.0. The van der Waals surface area contributed by atoms with Gasteiger partial charge in [0.15, 0.2) is 0 Å². The van der Waals surface area contributed by atoms with Crippen molar-refractivity contribution in [2.75, 3.05) is 31.6 Å². The van der Waals surface area contributed by atoms with Crippen molar-refractivity contribution in [3.8, 4) is 5.75 Å². The van der Waals surface area contributed by atoms with Gasteiger partial charge in [-0.15, -0.1) is 0 Å². The molecule has 6 nitrogen and oxygen atoms in total. The highest BCUT2D eigenvalue weighted by atomic mass is 32.2. The standard InChI is InChI=1S/C22H26N4O2S2/c1-16-4-6-18(7-5-16)14-21-23-22(29-24-21)25-12-13-26(17(2)15-25)30(27)20-10-8-19(28-3)9-11-20/h4-11,17H,12-15H2,1-3H3. The molecule has 8 heteroatoms. The highest BCUT2D eigenvalue weighted by Gasteiger charge is 2.30. The zero-order valence-corrected chi connectivity index (χ0v) is 19.1. The Kier molecular flexibility index (Phi) is 6.46. The summed E-state index contributed by atoms with van der Waals surface area (Å²) >= 11 is 1.45. The van der Waals surface area contributed by atoms with Crippen LogP contribution in [0.3, 0.4) is 0 Å². The molecule has 158 valence electrons. The third-order valence-corrected chi connectivity index (χ3v) is 7.71. The molecule has 0 spiro atoms. The lowest BCUT2D eigenvalue weighted by atomic mass is 10.1. The Hall–Kier alpha value is -2.29. The molecule has 0 amide bonds. The van der Waals surface area contributed by atoms with Gasteiger partial charge in [0, 0.05) is 43.6 Å². The van der Waals surface area contributed by atoms with Crippen molar-refractivity contribution in [2.24, 2.45) is 0 Å². The predicted octanol–water partition coefficient (Wildman–Crippen LogP) is 3.68. The Labute approximate surface area is 184 Å². The highest BCUT2D eigenvalue weighted by Crippen LogP contribution is 2.25. The molecule has 4 rings (SSSR count). The van der Waals surface area contributed by atoms with Crippen molar-refractivity contribution in [2.45, 2.75) is 31.2 Å². The molecule has 0 saturated carbocycles. The van der Waals surface area contributed by atoms with Gasteiger partial charge < -0.3 is 9.64 Å². The molecule has 2 atom stereocenters. The molecular formula is C22H26N4O2S2. The van der Waals surface area contributed by atoms with Crippen LogP contribution in [0, 0.1) is 6.92 Å². The normalized spacial score (nSPS) is 18.4. The Morgan fingerprint density at radius 2 is 1.87 bits per heavy atom. The molecule has 1 fully saturated rings. The summed E-state index contributed by atoms with van der Waals surface area (Å²) in [5.41, 5.74) is 2.47. The first-order valence-electron chi connectivity index (χ1n) is 9.99. The molecule has 1 saturated heterocycles. The zero-order valence-electron chi connectivity index (χ0n) is 17.4. The number of hydrogen-bond donors (Lipinski definition) is 0. The second-order valence-corrected chi connectivity index (χ2v) is 9.68. The minimum Gasteiger partial charge on any atom is -0.497 e. The van der Waals surface area contributed by atoms with E-state index in [0.29, 0.717) is 6.54 Å². The molecule has 0 radical (unpaired) electrons. The lowest BCUT2D eigenvalue weighted by molar-refractivity contribution is 0.322. The summed E-state index contributed by atoms with van der Waals surface area (Å²) in [7, 11) is 0.446. The number of hydrogen-bond acceptors (Lipinski definition) is 6. The van der Waals surface area contributed by atoms with Crippen LogP contribution in [0.2, 0.25) is 0 Å². The molecule has 1 aromatic heterocycles. The maximum absolute atomic E-state index is 13.0. The number of piperazine rings is 1. The van der Waals surface area contributed by atoms with E-state index < -0.39 is 11.0 Å². The van der Waals surface area contributed by atoms with Crippen LogP contribution >= 0.6 is 11.5 Å². The SMILES string of the molecule is COc1ccc(S(=O)N2CCN(c3nc(Cc4ccc(C)cc4)ns3)CC2C)cc1. The molecule has 1 aliphatic rings. The number of benzene rings is 2. The molecule has 0 N–H and O–H groups in total. The summed E-state index contributed by atoms with van der Waals surface area (Å²) in [5.74, 6) is 1.63. The van der Waals surface area contributed by atoms with Gasteiger partial charge in [0.2, 0.25) is 5.13 Å². The molecule has 0 aliphatic carbocycles. The van der Waals surface area contributed by atoms with Crippen molar-refractivity contribution in [1.29, 1.82) is 0 Å². The van der Waals surface area contributed by atoms with E-state index in [1.54, 1.807) is 7.11 Å². The summed E-state index contributed by atoms with van der Waals surface area (Å²) in [4.78, 5) is 7.81. The van der Waals surface area contributed by atoms with E-state index >= 15 is 0 Å². The number of rotatable bonds is 6. The number of aryl methyl sites for hydroxylation is 1. The van der Waals surface area contributed by atoms with Crippen molar-refractivity contribution in [3.63, 3.8) is 0 Å². The Morgan fingerprint density at radius 3 is 2.53 bits per heavy atom. The van der Waals surface area contributed by atoms with E-state index in [4.69, 9.17) is 9.72 Å². The highest BCUT2D eigenvalue weighted by molar-refractivity contribution is 7.82. The van der Waals surface area contributed by atoms with Crippen molar-refractivity contribution in [3.05, 3.63) is 65.5 Å². The summed E-state index contributed by atoms with van der Waals surface area (Å²) < 4.78 is 24.8. The number of anilines is 1. The molecule has 2 aromatic carbocycles. The van der Waals surface area contributed by atoms with E-state index in [1.807, 2.05) is 28.6 Å². The summed E-state index contributed by atoms with van der Waals surface area (Å²) in [6.07, 6.45) is 0.744. The van der Waals surface area contributed by atoms with Crippen LogP contribution in [0.25, 0.3) is 0 Å². The van der Waals surface area contributed by atoms with Crippen LogP contribution in [-0.4, -0.2) is 50.7 Å². The van der Waals surface area contributed by atoms with Gasteiger partial charge in [-0.1, -0.05) is 29.8 Å². The molecule has 1 aliphatic heterocycles. The fourth-order valence-electron chi connectivity index (χ4n) is 3.52. The van der Waals surface area contributed by atoms with Gasteiger partial charge in [-0.3, -0.25) is 0 Å². The first-order valence-corrected chi connectivity index (χ1v) is 11.9. The van der Waals surface area contributed by atoms with Crippen LogP contribution in [0.5, 0.6) is 5.75 Å². The molecule has 30 heavy (non-hydrogen) atoms. The summed E-state index contributed by atoms with van der Waals surface area (Å²) in [6.45, 7) is 6.48. The topological polar surface area (TPSA) is 58.6 Å². The number of aromatic nitrogens is 2. The number of methoxy groups -OCH3 is 1. The second kappa shape index (κ2) is 9.24. The zero-order chi connectivity index (χ0) is 21.1. The van der Waals surface area contributed by atoms with Crippen molar-refractivity contribution in [1.82, 2.24) is 13.7 Å². The third-order valence-electron chi connectivity index (χ3n) is 5.25. The molecular weight excluding hydrogens is 416 g/mol. The van der Waals surface area contributed by atoms with Gasteiger partial charge in [0.05, 0.1) is 12.0 Å². The van der Waals surface area contributed by atoms with Crippen LogP contribution in [0.1, 0.15) is 23.9 Å². The van der Waals surface area contributed by atoms with Gasteiger partial charge >= 0.3 is 0 Å². The first-order chi connectivity index (χ1) is 14.5. The second-order valence-electron chi connectivity index (χ2n) is 7.52. The van der Waals surface area contributed by atoms with Gasteiger partial charge in [0.25, 0.3) is 0 Å². The average molecular weight is 443 g/mol. The average Bonchev–Trinajstić information content (AvgIpc) is 3.23. The summed E-state index contributed by atoms with van der Waals surface area (Å²) in [5, 5.41) is 0.943.